The number of carbonyl (C=O) groups is 1. The first-order chi connectivity index (χ1) is 9.51. The molecule has 1 aromatic heterocycles. The molecule has 106 valence electrons. The molecule has 1 amide bonds. The van der Waals surface area contributed by atoms with E-state index in [1.807, 2.05) is 32.9 Å². The summed E-state index contributed by atoms with van der Waals surface area (Å²) in [6, 6.07) is 7.29. The summed E-state index contributed by atoms with van der Waals surface area (Å²) in [5.74, 6) is 0.376. The molecule has 0 radical (unpaired) electrons. The Morgan fingerprint density at radius 3 is 2.50 bits per heavy atom. The SMILES string of the molecule is Cc1nc(C)c(C(C)NC(=O)c2ccc(CCl)cc2)s1. The third-order valence-corrected chi connectivity index (χ3v) is 4.61. The van der Waals surface area contributed by atoms with Gasteiger partial charge in [-0.3, -0.25) is 4.79 Å². The van der Waals surface area contributed by atoms with Crippen LogP contribution < -0.4 is 5.32 Å². The molecule has 3 nitrogen and oxygen atoms in total. The van der Waals surface area contributed by atoms with E-state index in [-0.39, 0.29) is 11.9 Å². The Morgan fingerprint density at radius 2 is 2.00 bits per heavy atom. The number of nitrogens with one attached hydrogen (secondary N) is 1. The lowest BCUT2D eigenvalue weighted by Gasteiger charge is -2.13. The van der Waals surface area contributed by atoms with E-state index in [0.717, 1.165) is 21.1 Å². The molecule has 1 N–H and O–H groups in total. The molecule has 0 fully saturated rings. The predicted octanol–water partition coefficient (Wildman–Crippen LogP) is 3.99. The van der Waals surface area contributed by atoms with Crippen LogP contribution in [0.4, 0.5) is 0 Å². The van der Waals surface area contributed by atoms with Gasteiger partial charge in [0, 0.05) is 16.3 Å². The fraction of sp³-hybridized carbons (Fsp3) is 0.333. The van der Waals surface area contributed by atoms with E-state index in [2.05, 4.69) is 10.3 Å². The molecule has 20 heavy (non-hydrogen) atoms. The molecular formula is C15H17ClN2OS. The van der Waals surface area contributed by atoms with Crippen LogP contribution in [-0.2, 0) is 5.88 Å². The zero-order valence-corrected chi connectivity index (χ0v) is 13.3. The molecule has 1 unspecified atom stereocenters. The number of carbonyl (C=O) groups excluding carboxylic acids is 1. The van der Waals surface area contributed by atoms with Crippen LogP contribution in [0.25, 0.3) is 0 Å². The number of amides is 1. The summed E-state index contributed by atoms with van der Waals surface area (Å²) in [5.41, 5.74) is 2.63. The number of hydrogen-bond acceptors (Lipinski definition) is 3. The van der Waals surface area contributed by atoms with Gasteiger partial charge in [-0.1, -0.05) is 12.1 Å². The summed E-state index contributed by atoms with van der Waals surface area (Å²) >= 11 is 7.36. The maximum absolute atomic E-state index is 12.2. The van der Waals surface area contributed by atoms with Crippen LogP contribution >= 0.6 is 22.9 Å². The Bertz CT molecular complexity index is 607. The van der Waals surface area contributed by atoms with Gasteiger partial charge in [0.05, 0.1) is 16.7 Å². The molecule has 0 aliphatic rings. The number of benzene rings is 1. The van der Waals surface area contributed by atoms with Crippen LogP contribution in [-0.4, -0.2) is 10.9 Å². The zero-order chi connectivity index (χ0) is 14.7. The van der Waals surface area contributed by atoms with Crippen LogP contribution in [0.1, 0.15) is 44.5 Å². The van der Waals surface area contributed by atoms with Crippen molar-refractivity contribution in [2.24, 2.45) is 0 Å². The van der Waals surface area contributed by atoms with Crippen molar-refractivity contribution in [2.45, 2.75) is 32.7 Å². The van der Waals surface area contributed by atoms with Gasteiger partial charge in [-0.05, 0) is 38.5 Å². The number of nitrogens with zero attached hydrogens (tertiary/aromatic N) is 1. The normalized spacial score (nSPS) is 12.2. The molecule has 0 spiro atoms. The average molecular weight is 309 g/mol. The molecule has 2 aromatic rings. The van der Waals surface area contributed by atoms with Gasteiger partial charge in [-0.25, -0.2) is 4.98 Å². The lowest BCUT2D eigenvalue weighted by molar-refractivity contribution is 0.0940. The molecular weight excluding hydrogens is 292 g/mol. The molecule has 0 saturated heterocycles. The van der Waals surface area contributed by atoms with Crippen molar-refractivity contribution in [3.05, 3.63) is 51.0 Å². The Kier molecular flexibility index (Phi) is 4.78. The van der Waals surface area contributed by atoms with E-state index in [9.17, 15) is 4.79 Å². The second-order valence-corrected chi connectivity index (χ2v) is 6.21. The Morgan fingerprint density at radius 1 is 1.35 bits per heavy atom. The molecule has 0 aliphatic heterocycles. The monoisotopic (exact) mass is 308 g/mol. The molecule has 1 atom stereocenters. The summed E-state index contributed by atoms with van der Waals surface area (Å²) in [4.78, 5) is 17.7. The van der Waals surface area contributed by atoms with E-state index in [0.29, 0.717) is 11.4 Å². The van der Waals surface area contributed by atoms with Crippen LogP contribution in [0.3, 0.4) is 0 Å². The van der Waals surface area contributed by atoms with E-state index < -0.39 is 0 Å². The van der Waals surface area contributed by atoms with E-state index in [1.165, 1.54) is 0 Å². The number of hydrogen-bond donors (Lipinski definition) is 1. The summed E-state index contributed by atoms with van der Waals surface area (Å²) in [6.45, 7) is 5.92. The Labute approximate surface area is 128 Å². The zero-order valence-electron chi connectivity index (χ0n) is 11.7. The maximum Gasteiger partial charge on any atom is 0.251 e. The summed E-state index contributed by atoms with van der Waals surface area (Å²) in [6.07, 6.45) is 0. The molecule has 0 bridgehead atoms. The third-order valence-electron chi connectivity index (χ3n) is 3.05. The van der Waals surface area contributed by atoms with Crippen LogP contribution in [0, 0.1) is 13.8 Å². The van der Waals surface area contributed by atoms with Crippen molar-refractivity contribution in [3.63, 3.8) is 0 Å². The smallest absolute Gasteiger partial charge is 0.251 e. The van der Waals surface area contributed by atoms with Gasteiger partial charge in [0.15, 0.2) is 0 Å². The van der Waals surface area contributed by atoms with Gasteiger partial charge in [0.2, 0.25) is 0 Å². The summed E-state index contributed by atoms with van der Waals surface area (Å²) in [7, 11) is 0. The number of alkyl halides is 1. The van der Waals surface area contributed by atoms with Gasteiger partial charge in [0.1, 0.15) is 0 Å². The van der Waals surface area contributed by atoms with E-state index in [4.69, 9.17) is 11.6 Å². The molecule has 0 aliphatic carbocycles. The second kappa shape index (κ2) is 6.37. The minimum absolute atomic E-state index is 0.0404. The Hall–Kier alpha value is -1.39. The van der Waals surface area contributed by atoms with Crippen molar-refractivity contribution in [3.8, 4) is 0 Å². The molecule has 2 rings (SSSR count). The number of thiazole rings is 1. The standard InChI is InChI=1S/C15H17ClN2OS/c1-9-14(20-11(3)17-9)10(2)18-15(19)13-6-4-12(8-16)5-7-13/h4-7,10H,8H2,1-3H3,(H,18,19). The van der Waals surface area contributed by atoms with Gasteiger partial charge in [-0.15, -0.1) is 22.9 Å². The minimum Gasteiger partial charge on any atom is -0.345 e. The lowest BCUT2D eigenvalue weighted by Crippen LogP contribution is -2.26. The molecule has 1 heterocycles. The first-order valence-electron chi connectivity index (χ1n) is 6.41. The highest BCUT2D eigenvalue weighted by atomic mass is 35.5. The summed E-state index contributed by atoms with van der Waals surface area (Å²) in [5, 5.41) is 4.02. The largest absolute Gasteiger partial charge is 0.345 e. The highest BCUT2D eigenvalue weighted by Gasteiger charge is 2.16. The van der Waals surface area contributed by atoms with Crippen molar-refractivity contribution in [1.29, 1.82) is 0 Å². The molecule has 0 saturated carbocycles. The van der Waals surface area contributed by atoms with Crippen molar-refractivity contribution in [1.82, 2.24) is 10.3 Å². The average Bonchev–Trinajstić information content (AvgIpc) is 2.78. The van der Waals surface area contributed by atoms with E-state index in [1.54, 1.807) is 23.5 Å². The van der Waals surface area contributed by atoms with E-state index >= 15 is 0 Å². The number of rotatable bonds is 4. The maximum atomic E-state index is 12.2. The lowest BCUT2D eigenvalue weighted by atomic mass is 10.1. The fourth-order valence-corrected chi connectivity index (χ4v) is 3.15. The van der Waals surface area contributed by atoms with Gasteiger partial charge in [-0.2, -0.15) is 0 Å². The first-order valence-corrected chi connectivity index (χ1v) is 7.76. The van der Waals surface area contributed by atoms with Crippen LogP contribution in [0.2, 0.25) is 0 Å². The van der Waals surface area contributed by atoms with Crippen LogP contribution in [0.5, 0.6) is 0 Å². The fourth-order valence-electron chi connectivity index (χ4n) is 2.04. The molecule has 5 heteroatoms. The third kappa shape index (κ3) is 3.38. The van der Waals surface area contributed by atoms with Gasteiger partial charge >= 0.3 is 0 Å². The van der Waals surface area contributed by atoms with Crippen LogP contribution in [0.15, 0.2) is 24.3 Å². The van der Waals surface area contributed by atoms with Crippen molar-refractivity contribution in [2.75, 3.05) is 0 Å². The topological polar surface area (TPSA) is 42.0 Å². The highest BCUT2D eigenvalue weighted by Crippen LogP contribution is 2.24. The van der Waals surface area contributed by atoms with Crippen molar-refractivity contribution < 1.29 is 4.79 Å². The first kappa shape index (κ1) is 15.0. The Balaban J connectivity index is 2.08. The van der Waals surface area contributed by atoms with Crippen molar-refractivity contribution >= 4 is 28.8 Å². The number of aryl methyl sites for hydroxylation is 2. The number of halogens is 1. The quantitative estimate of drug-likeness (QED) is 0.868. The molecule has 1 aromatic carbocycles. The predicted molar refractivity (Wildman–Crippen MR) is 83.5 cm³/mol. The highest BCUT2D eigenvalue weighted by molar-refractivity contribution is 7.11. The minimum atomic E-state index is -0.0796. The number of aromatic nitrogens is 1. The summed E-state index contributed by atoms with van der Waals surface area (Å²) < 4.78 is 0. The van der Waals surface area contributed by atoms with Gasteiger partial charge < -0.3 is 5.32 Å². The van der Waals surface area contributed by atoms with Gasteiger partial charge in [0.25, 0.3) is 5.91 Å². The second-order valence-electron chi connectivity index (χ2n) is 4.71.